The van der Waals surface area contributed by atoms with Crippen molar-refractivity contribution in [1.82, 2.24) is 0 Å². The fourth-order valence-electron chi connectivity index (χ4n) is 5.57. The van der Waals surface area contributed by atoms with Crippen LogP contribution in [0.1, 0.15) is 66.2 Å². The molecule has 2 aliphatic carbocycles. The van der Waals surface area contributed by atoms with Crippen molar-refractivity contribution < 1.29 is 14.3 Å². The first-order valence-electron chi connectivity index (χ1n) is 8.15. The molecule has 0 amide bonds. The summed E-state index contributed by atoms with van der Waals surface area (Å²) < 4.78 is 11.9. The van der Waals surface area contributed by atoms with Gasteiger partial charge in [0.15, 0.2) is 0 Å². The van der Waals surface area contributed by atoms with Gasteiger partial charge >= 0.3 is 5.97 Å². The van der Waals surface area contributed by atoms with Gasteiger partial charge in [-0.15, -0.1) is 0 Å². The summed E-state index contributed by atoms with van der Waals surface area (Å²) >= 11 is 0. The Bertz CT molecular complexity index is 416. The van der Waals surface area contributed by atoms with Gasteiger partial charge in [-0.05, 0) is 57.3 Å². The maximum absolute atomic E-state index is 12.0. The van der Waals surface area contributed by atoms with E-state index in [0.717, 1.165) is 32.3 Å². The minimum absolute atomic E-state index is 0.00928. The van der Waals surface area contributed by atoms with Crippen LogP contribution in [0.3, 0.4) is 0 Å². The topological polar surface area (TPSA) is 35.5 Å². The summed E-state index contributed by atoms with van der Waals surface area (Å²) in [6.07, 6.45) is 6.08. The maximum Gasteiger partial charge on any atom is 0.306 e. The van der Waals surface area contributed by atoms with Crippen molar-refractivity contribution in [2.45, 2.75) is 77.9 Å². The van der Waals surface area contributed by atoms with Gasteiger partial charge in [-0.1, -0.05) is 13.8 Å². The van der Waals surface area contributed by atoms with E-state index in [1.54, 1.807) is 0 Å². The lowest BCUT2D eigenvalue weighted by molar-refractivity contribution is -0.165. The fourth-order valence-corrected chi connectivity index (χ4v) is 5.57. The van der Waals surface area contributed by atoms with Crippen LogP contribution in [0, 0.1) is 16.7 Å². The first-order chi connectivity index (χ1) is 9.31. The lowest BCUT2D eigenvalue weighted by atomic mass is 9.57. The van der Waals surface area contributed by atoms with Gasteiger partial charge in [0.1, 0.15) is 5.60 Å². The van der Waals surface area contributed by atoms with E-state index >= 15 is 0 Å². The highest BCUT2D eigenvalue weighted by molar-refractivity contribution is 5.70. The molecule has 1 spiro atoms. The van der Waals surface area contributed by atoms with E-state index in [0.29, 0.717) is 23.9 Å². The lowest BCUT2D eigenvalue weighted by Gasteiger charge is -2.50. The van der Waals surface area contributed by atoms with Crippen molar-refractivity contribution >= 4 is 5.97 Å². The molecule has 3 aliphatic rings. The first kappa shape index (κ1) is 14.4. The highest BCUT2D eigenvalue weighted by Gasteiger charge is 2.64. The third kappa shape index (κ3) is 2.01. The maximum atomic E-state index is 12.0. The van der Waals surface area contributed by atoms with Crippen molar-refractivity contribution in [3.63, 3.8) is 0 Å². The summed E-state index contributed by atoms with van der Waals surface area (Å²) in [5, 5.41) is 0. The van der Waals surface area contributed by atoms with Gasteiger partial charge in [-0.25, -0.2) is 0 Å². The van der Waals surface area contributed by atoms with Gasteiger partial charge in [0.05, 0.1) is 6.10 Å². The van der Waals surface area contributed by atoms with Crippen LogP contribution >= 0.6 is 0 Å². The van der Waals surface area contributed by atoms with Crippen LogP contribution in [0.2, 0.25) is 0 Å². The Labute approximate surface area is 122 Å². The second kappa shape index (κ2) is 4.46. The highest BCUT2D eigenvalue weighted by atomic mass is 16.6. The third-order valence-electron chi connectivity index (χ3n) is 6.18. The summed E-state index contributed by atoms with van der Waals surface area (Å²) in [6.45, 7) is 9.74. The molecule has 1 heterocycles. The molecule has 2 saturated carbocycles. The van der Waals surface area contributed by atoms with Gasteiger partial charge in [0.25, 0.3) is 0 Å². The Morgan fingerprint density at radius 2 is 2.05 bits per heavy atom. The Hall–Kier alpha value is -0.570. The second-order valence-electron chi connectivity index (χ2n) is 8.06. The zero-order chi connectivity index (χ0) is 14.6. The van der Waals surface area contributed by atoms with Gasteiger partial charge in [0, 0.05) is 18.4 Å². The van der Waals surface area contributed by atoms with Crippen LogP contribution in [-0.4, -0.2) is 24.3 Å². The Balaban J connectivity index is 2.01. The van der Waals surface area contributed by atoms with Crippen LogP contribution in [-0.2, 0) is 14.3 Å². The number of hydrogen-bond donors (Lipinski definition) is 0. The molecule has 2 bridgehead atoms. The fraction of sp³-hybridized carbons (Fsp3) is 0.941. The second-order valence-corrected chi connectivity index (χ2v) is 8.06. The van der Waals surface area contributed by atoms with Crippen LogP contribution in [0.15, 0.2) is 0 Å². The molecule has 0 radical (unpaired) electrons. The SMILES string of the molecule is CCO[C@H]1CC(C)(C)[C@H]2CC[C@@]3(C)C[C@@]12CCC(=O)O3. The summed E-state index contributed by atoms with van der Waals surface area (Å²) in [6, 6.07) is 0. The molecule has 114 valence electrons. The molecule has 3 fully saturated rings. The minimum atomic E-state index is -0.264. The molecular weight excluding hydrogens is 252 g/mol. The van der Waals surface area contributed by atoms with E-state index in [2.05, 4.69) is 27.7 Å². The normalized spacial score (nSPS) is 46.5. The van der Waals surface area contributed by atoms with Crippen molar-refractivity contribution in [1.29, 1.82) is 0 Å². The predicted octanol–water partition coefficient (Wildman–Crippen LogP) is 3.70. The molecule has 0 N–H and O–H groups in total. The van der Waals surface area contributed by atoms with Crippen molar-refractivity contribution in [3.05, 3.63) is 0 Å². The molecule has 3 rings (SSSR count). The van der Waals surface area contributed by atoms with Crippen LogP contribution in [0.5, 0.6) is 0 Å². The largest absolute Gasteiger partial charge is 0.459 e. The van der Waals surface area contributed by atoms with Gasteiger partial charge < -0.3 is 9.47 Å². The standard InChI is InChI=1S/C17H28O3/c1-5-19-13-10-15(2,3)12-6-8-16(4)11-17(12,13)9-7-14(18)20-16/h12-13H,5-11H2,1-4H3/t12-,13+,16+,17-/m1/s1. The van der Waals surface area contributed by atoms with E-state index in [4.69, 9.17) is 9.47 Å². The van der Waals surface area contributed by atoms with Gasteiger partial charge in [-0.2, -0.15) is 0 Å². The number of carbonyl (C=O) groups is 1. The lowest BCUT2D eigenvalue weighted by Crippen LogP contribution is -2.49. The molecule has 1 saturated heterocycles. The molecule has 3 nitrogen and oxygen atoms in total. The Morgan fingerprint density at radius 1 is 1.30 bits per heavy atom. The molecular formula is C17H28O3. The highest BCUT2D eigenvalue weighted by Crippen LogP contribution is 2.66. The van der Waals surface area contributed by atoms with Crippen LogP contribution in [0.25, 0.3) is 0 Å². The summed E-state index contributed by atoms with van der Waals surface area (Å²) in [4.78, 5) is 12.0. The van der Waals surface area contributed by atoms with Gasteiger partial charge in [-0.3, -0.25) is 4.79 Å². The van der Waals surface area contributed by atoms with Crippen LogP contribution in [0.4, 0.5) is 0 Å². The molecule has 0 aromatic carbocycles. The molecule has 0 aromatic rings. The zero-order valence-corrected chi connectivity index (χ0v) is 13.3. The van der Waals surface area contributed by atoms with Crippen molar-refractivity contribution in [2.75, 3.05) is 6.61 Å². The van der Waals surface area contributed by atoms with E-state index in [-0.39, 0.29) is 17.0 Å². The molecule has 0 unspecified atom stereocenters. The molecule has 3 heteroatoms. The van der Waals surface area contributed by atoms with E-state index < -0.39 is 0 Å². The molecule has 4 atom stereocenters. The van der Waals surface area contributed by atoms with Crippen LogP contribution < -0.4 is 0 Å². The Morgan fingerprint density at radius 3 is 2.75 bits per heavy atom. The average molecular weight is 280 g/mol. The summed E-state index contributed by atoms with van der Waals surface area (Å²) in [7, 11) is 0. The quantitative estimate of drug-likeness (QED) is 0.723. The zero-order valence-electron chi connectivity index (χ0n) is 13.3. The predicted molar refractivity (Wildman–Crippen MR) is 77.3 cm³/mol. The first-order valence-corrected chi connectivity index (χ1v) is 8.15. The van der Waals surface area contributed by atoms with Gasteiger partial charge in [0.2, 0.25) is 0 Å². The van der Waals surface area contributed by atoms with E-state index in [1.165, 1.54) is 6.42 Å². The van der Waals surface area contributed by atoms with E-state index in [9.17, 15) is 4.79 Å². The number of rotatable bonds is 2. The number of ether oxygens (including phenoxy) is 2. The van der Waals surface area contributed by atoms with Crippen molar-refractivity contribution in [3.8, 4) is 0 Å². The number of hydrogen-bond acceptors (Lipinski definition) is 3. The monoisotopic (exact) mass is 280 g/mol. The average Bonchev–Trinajstić information content (AvgIpc) is 2.48. The summed E-state index contributed by atoms with van der Waals surface area (Å²) in [5.74, 6) is 0.652. The summed E-state index contributed by atoms with van der Waals surface area (Å²) in [5.41, 5.74) is 0.201. The minimum Gasteiger partial charge on any atom is -0.459 e. The third-order valence-corrected chi connectivity index (χ3v) is 6.18. The molecule has 0 aromatic heterocycles. The Kier molecular flexibility index (Phi) is 3.20. The molecule has 1 aliphatic heterocycles. The van der Waals surface area contributed by atoms with E-state index in [1.807, 2.05) is 0 Å². The number of esters is 1. The smallest absolute Gasteiger partial charge is 0.306 e. The van der Waals surface area contributed by atoms with Crippen molar-refractivity contribution in [2.24, 2.45) is 16.7 Å². The molecule has 20 heavy (non-hydrogen) atoms. The number of carbonyl (C=O) groups excluding carboxylic acids is 1. The number of fused-ring (bicyclic) bond motifs is 1.